The van der Waals surface area contributed by atoms with Crippen LogP contribution in [0.3, 0.4) is 0 Å². The van der Waals surface area contributed by atoms with Gasteiger partial charge in [-0.15, -0.1) is 0 Å². The highest BCUT2D eigenvalue weighted by Crippen LogP contribution is 2.37. The summed E-state index contributed by atoms with van der Waals surface area (Å²) in [7, 11) is 0. The van der Waals surface area contributed by atoms with Crippen molar-refractivity contribution in [2.45, 2.75) is 13.8 Å². The summed E-state index contributed by atoms with van der Waals surface area (Å²) in [6.45, 7) is 7.49. The van der Waals surface area contributed by atoms with Crippen molar-refractivity contribution in [1.82, 2.24) is 9.97 Å². The maximum Gasteiger partial charge on any atom is 0.250 e. The second-order valence-corrected chi connectivity index (χ2v) is 5.41. The van der Waals surface area contributed by atoms with E-state index >= 15 is 0 Å². The van der Waals surface area contributed by atoms with Crippen molar-refractivity contribution in [3.63, 3.8) is 0 Å². The average molecular weight is 309 g/mol. The minimum Gasteiger partial charge on any atom is -0.366 e. The van der Waals surface area contributed by atoms with Crippen LogP contribution in [-0.2, 0) is 0 Å². The number of halogens is 1. The number of aromatic amines is 1. The number of hydrogen-bond acceptors (Lipinski definition) is 2. The van der Waals surface area contributed by atoms with Crippen molar-refractivity contribution in [3.05, 3.63) is 59.3 Å². The average Bonchev–Trinajstić information content (AvgIpc) is 2.82. The van der Waals surface area contributed by atoms with Crippen LogP contribution in [0.1, 0.15) is 27.3 Å². The Bertz CT molecular complexity index is 957. The summed E-state index contributed by atoms with van der Waals surface area (Å²) in [5.41, 5.74) is 9.42. The summed E-state index contributed by atoms with van der Waals surface area (Å²) in [6.07, 6.45) is 3.21. The van der Waals surface area contributed by atoms with Crippen molar-refractivity contribution in [2.75, 3.05) is 0 Å². The molecule has 0 fully saturated rings. The van der Waals surface area contributed by atoms with Crippen molar-refractivity contribution >= 4 is 22.9 Å². The molecule has 2 heterocycles. The summed E-state index contributed by atoms with van der Waals surface area (Å²) in [5.74, 6) is -1.18. The van der Waals surface area contributed by atoms with E-state index in [-0.39, 0.29) is 5.56 Å². The molecule has 0 aliphatic rings. The molecule has 0 aliphatic heterocycles. The number of aryl methyl sites for hydroxylation is 2. The van der Waals surface area contributed by atoms with Gasteiger partial charge in [0.05, 0.1) is 16.8 Å². The molecule has 0 bridgehead atoms. The number of rotatable bonds is 3. The third-order valence-electron chi connectivity index (χ3n) is 4.10. The topological polar surface area (TPSA) is 71.8 Å². The molecule has 0 radical (unpaired) electrons. The van der Waals surface area contributed by atoms with Crippen LogP contribution in [0.5, 0.6) is 0 Å². The minimum atomic E-state index is -0.670. The van der Waals surface area contributed by atoms with Crippen LogP contribution in [0.25, 0.3) is 28.1 Å². The first-order valence-electron chi connectivity index (χ1n) is 7.14. The van der Waals surface area contributed by atoms with E-state index in [0.717, 1.165) is 11.3 Å². The lowest BCUT2D eigenvalue weighted by molar-refractivity contribution is 0.100. The SMILES string of the molecule is C=Cc1ncccc1-c1c(F)cc(C(N)=O)c2[nH]c(C)c(C)c12. The van der Waals surface area contributed by atoms with Crippen LogP contribution >= 0.6 is 0 Å². The number of pyridine rings is 1. The first-order valence-corrected chi connectivity index (χ1v) is 7.14. The Morgan fingerprint density at radius 3 is 2.83 bits per heavy atom. The van der Waals surface area contributed by atoms with E-state index in [9.17, 15) is 9.18 Å². The zero-order valence-corrected chi connectivity index (χ0v) is 12.9. The Labute approximate surface area is 132 Å². The fourth-order valence-electron chi connectivity index (χ4n) is 2.87. The molecule has 0 aliphatic carbocycles. The van der Waals surface area contributed by atoms with Crippen LogP contribution in [0.15, 0.2) is 31.0 Å². The molecule has 0 saturated heterocycles. The fraction of sp³-hybridized carbons (Fsp3) is 0.111. The molecule has 3 aromatic rings. The number of primary amides is 1. The van der Waals surface area contributed by atoms with Crippen molar-refractivity contribution < 1.29 is 9.18 Å². The van der Waals surface area contributed by atoms with Crippen LogP contribution in [-0.4, -0.2) is 15.9 Å². The lowest BCUT2D eigenvalue weighted by atomic mass is 9.94. The molecule has 0 atom stereocenters. The predicted molar refractivity (Wildman–Crippen MR) is 89.6 cm³/mol. The molecule has 1 aromatic carbocycles. The summed E-state index contributed by atoms with van der Waals surface area (Å²) in [5, 5.41) is 0.646. The Kier molecular flexibility index (Phi) is 3.48. The number of H-pyrrole nitrogens is 1. The van der Waals surface area contributed by atoms with E-state index in [1.165, 1.54) is 6.07 Å². The van der Waals surface area contributed by atoms with Gasteiger partial charge in [0.2, 0.25) is 0 Å². The van der Waals surface area contributed by atoms with Gasteiger partial charge in [-0.3, -0.25) is 9.78 Å². The van der Waals surface area contributed by atoms with E-state index in [0.29, 0.717) is 27.7 Å². The number of nitrogens with one attached hydrogen (secondary N) is 1. The standard InChI is InChI=1S/C18H16FN3O/c1-4-14-11(6-5-7-21-14)16-13(19)8-12(18(20)23)17-15(16)9(2)10(3)22-17/h4-8,22H,1H2,2-3H3,(H2,20,23). The Hall–Kier alpha value is -2.95. The molecule has 2 aromatic heterocycles. The van der Waals surface area contributed by atoms with E-state index in [1.807, 2.05) is 13.8 Å². The highest BCUT2D eigenvalue weighted by atomic mass is 19.1. The van der Waals surface area contributed by atoms with E-state index in [4.69, 9.17) is 5.73 Å². The highest BCUT2D eigenvalue weighted by molar-refractivity contribution is 6.11. The van der Waals surface area contributed by atoms with Gasteiger partial charge in [-0.1, -0.05) is 12.6 Å². The zero-order chi connectivity index (χ0) is 16.7. The number of nitrogens with two attached hydrogens (primary N) is 1. The molecule has 0 spiro atoms. The molecule has 116 valence electrons. The van der Waals surface area contributed by atoms with E-state index < -0.39 is 11.7 Å². The van der Waals surface area contributed by atoms with Crippen molar-refractivity contribution in [2.24, 2.45) is 5.73 Å². The molecule has 0 unspecified atom stereocenters. The first-order chi connectivity index (χ1) is 11.0. The normalized spacial score (nSPS) is 10.9. The zero-order valence-electron chi connectivity index (χ0n) is 12.9. The second kappa shape index (κ2) is 5.35. The van der Waals surface area contributed by atoms with Crippen LogP contribution in [0.2, 0.25) is 0 Å². The smallest absolute Gasteiger partial charge is 0.250 e. The van der Waals surface area contributed by atoms with Crippen LogP contribution < -0.4 is 5.73 Å². The predicted octanol–water partition coefficient (Wildman–Crippen LogP) is 3.73. The van der Waals surface area contributed by atoms with E-state index in [1.54, 1.807) is 24.4 Å². The number of carbonyl (C=O) groups excluding carboxylic acids is 1. The summed E-state index contributed by atoms with van der Waals surface area (Å²) >= 11 is 0. The van der Waals surface area contributed by atoms with E-state index in [2.05, 4.69) is 16.5 Å². The number of aromatic nitrogens is 2. The van der Waals surface area contributed by atoms with Gasteiger partial charge in [0.15, 0.2) is 0 Å². The maximum absolute atomic E-state index is 14.8. The number of fused-ring (bicyclic) bond motifs is 1. The van der Waals surface area contributed by atoms with Crippen molar-refractivity contribution in [3.8, 4) is 11.1 Å². The second-order valence-electron chi connectivity index (χ2n) is 5.41. The number of nitrogens with zero attached hydrogens (tertiary/aromatic N) is 1. The lowest BCUT2D eigenvalue weighted by Gasteiger charge is -2.11. The molecule has 23 heavy (non-hydrogen) atoms. The molecule has 3 rings (SSSR count). The Morgan fingerprint density at radius 2 is 2.17 bits per heavy atom. The largest absolute Gasteiger partial charge is 0.366 e. The number of carbonyl (C=O) groups is 1. The van der Waals surface area contributed by atoms with Crippen LogP contribution in [0, 0.1) is 19.7 Å². The summed E-state index contributed by atoms with van der Waals surface area (Å²) in [6, 6.07) is 4.70. The summed E-state index contributed by atoms with van der Waals surface area (Å²) in [4.78, 5) is 19.0. The number of benzene rings is 1. The molecule has 4 nitrogen and oxygen atoms in total. The Morgan fingerprint density at radius 1 is 1.43 bits per heavy atom. The Balaban J connectivity index is 2.52. The molecule has 1 amide bonds. The number of hydrogen-bond donors (Lipinski definition) is 2. The third-order valence-corrected chi connectivity index (χ3v) is 4.10. The van der Waals surface area contributed by atoms with Gasteiger partial charge >= 0.3 is 0 Å². The molecular weight excluding hydrogens is 293 g/mol. The van der Waals surface area contributed by atoms with Gasteiger partial charge < -0.3 is 10.7 Å². The number of amides is 1. The van der Waals surface area contributed by atoms with Crippen LogP contribution in [0.4, 0.5) is 4.39 Å². The quantitative estimate of drug-likeness (QED) is 0.774. The van der Waals surface area contributed by atoms with Gasteiger partial charge in [0.1, 0.15) is 5.82 Å². The van der Waals surface area contributed by atoms with Gasteiger partial charge in [0.25, 0.3) is 5.91 Å². The maximum atomic E-state index is 14.8. The van der Waals surface area contributed by atoms with Gasteiger partial charge in [0, 0.05) is 28.4 Å². The van der Waals surface area contributed by atoms with Crippen molar-refractivity contribution in [1.29, 1.82) is 0 Å². The molecule has 3 N–H and O–H groups in total. The molecule has 0 saturated carbocycles. The minimum absolute atomic E-state index is 0.140. The first kappa shape index (κ1) is 15.0. The molecular formula is C18H16FN3O. The highest BCUT2D eigenvalue weighted by Gasteiger charge is 2.22. The van der Waals surface area contributed by atoms with Gasteiger partial charge in [-0.05, 0) is 37.6 Å². The molecule has 5 heteroatoms. The fourth-order valence-corrected chi connectivity index (χ4v) is 2.87. The monoisotopic (exact) mass is 309 g/mol. The third kappa shape index (κ3) is 2.21. The van der Waals surface area contributed by atoms with Gasteiger partial charge in [-0.25, -0.2) is 4.39 Å². The van der Waals surface area contributed by atoms with Gasteiger partial charge in [-0.2, -0.15) is 0 Å². The lowest BCUT2D eigenvalue weighted by Crippen LogP contribution is -2.12. The summed E-state index contributed by atoms with van der Waals surface area (Å²) < 4.78 is 14.8.